The van der Waals surface area contributed by atoms with Crippen molar-refractivity contribution in [2.24, 2.45) is 0 Å². The first-order valence-electron chi connectivity index (χ1n) is 9.97. The number of benzene rings is 1. The van der Waals surface area contributed by atoms with E-state index in [4.69, 9.17) is 4.74 Å². The molecule has 1 aromatic heterocycles. The van der Waals surface area contributed by atoms with Gasteiger partial charge in [-0.05, 0) is 37.5 Å². The number of ether oxygens (including phenoxy) is 1. The van der Waals surface area contributed by atoms with Gasteiger partial charge in [0.05, 0.1) is 7.11 Å². The van der Waals surface area contributed by atoms with Crippen LogP contribution in [0.2, 0.25) is 0 Å². The summed E-state index contributed by atoms with van der Waals surface area (Å²) in [5.41, 5.74) is 1.62. The van der Waals surface area contributed by atoms with Crippen LogP contribution in [0.5, 0.6) is 5.75 Å². The molecule has 1 aromatic carbocycles. The van der Waals surface area contributed by atoms with Crippen molar-refractivity contribution in [2.75, 3.05) is 44.7 Å². The number of amides is 2. The normalized spacial score (nSPS) is 19.5. The molecule has 154 valence electrons. The second kappa shape index (κ2) is 8.41. The molecule has 2 amide bonds. The van der Waals surface area contributed by atoms with Crippen molar-refractivity contribution in [1.82, 2.24) is 14.8 Å². The minimum absolute atomic E-state index is 0.0133. The van der Waals surface area contributed by atoms with E-state index in [-0.39, 0.29) is 17.9 Å². The summed E-state index contributed by atoms with van der Waals surface area (Å²) in [5.74, 6) is 0.857. The van der Waals surface area contributed by atoms with Crippen molar-refractivity contribution in [3.05, 3.63) is 40.9 Å². The fourth-order valence-electron chi connectivity index (χ4n) is 4.09. The summed E-state index contributed by atoms with van der Waals surface area (Å²) < 4.78 is 5.34. The maximum atomic E-state index is 13.1. The van der Waals surface area contributed by atoms with E-state index in [1.807, 2.05) is 34.2 Å². The lowest BCUT2D eigenvalue weighted by atomic mass is 10.1. The summed E-state index contributed by atoms with van der Waals surface area (Å²) in [6, 6.07) is 5.39. The Balaban J connectivity index is 1.38. The highest BCUT2D eigenvalue weighted by Gasteiger charge is 2.36. The van der Waals surface area contributed by atoms with Crippen molar-refractivity contribution in [2.45, 2.75) is 25.8 Å². The summed E-state index contributed by atoms with van der Waals surface area (Å²) in [4.78, 5) is 36.2. The van der Waals surface area contributed by atoms with Crippen molar-refractivity contribution in [3.8, 4) is 5.75 Å². The van der Waals surface area contributed by atoms with Gasteiger partial charge >= 0.3 is 0 Å². The number of nitrogens with zero attached hydrogens (tertiary/aromatic N) is 4. The Hall–Kier alpha value is -2.61. The lowest BCUT2D eigenvalue weighted by molar-refractivity contribution is -0.133. The molecular formula is C21H26N4O3S. The Morgan fingerprint density at radius 2 is 1.90 bits per heavy atom. The minimum Gasteiger partial charge on any atom is -0.496 e. The molecular weight excluding hydrogens is 388 g/mol. The topological polar surface area (TPSA) is 66.0 Å². The zero-order valence-electron chi connectivity index (χ0n) is 16.8. The van der Waals surface area contributed by atoms with Crippen molar-refractivity contribution in [3.63, 3.8) is 0 Å². The molecule has 29 heavy (non-hydrogen) atoms. The van der Waals surface area contributed by atoms with Crippen LogP contribution < -0.4 is 9.64 Å². The number of aryl methyl sites for hydroxylation is 1. The van der Waals surface area contributed by atoms with Gasteiger partial charge in [0.1, 0.15) is 11.8 Å². The van der Waals surface area contributed by atoms with Gasteiger partial charge in [-0.15, -0.1) is 11.3 Å². The maximum absolute atomic E-state index is 13.1. The number of hydrogen-bond acceptors (Lipinski definition) is 6. The summed E-state index contributed by atoms with van der Waals surface area (Å²) >= 11 is 1.57. The van der Waals surface area contributed by atoms with Crippen LogP contribution in [0.25, 0.3) is 0 Å². The standard InChI is InChI=1S/C21H26N4O3S/c1-15-5-6-16(14-18(15)28-2)19(26)23-9-11-24(12-10-23)20(27)17-4-3-8-25(17)21-22-7-13-29-21/h5-7,13-14,17H,3-4,8-12H2,1-2H3. The van der Waals surface area contributed by atoms with Gasteiger partial charge < -0.3 is 19.4 Å². The lowest BCUT2D eigenvalue weighted by Gasteiger charge is -2.37. The van der Waals surface area contributed by atoms with Crippen LogP contribution >= 0.6 is 11.3 Å². The van der Waals surface area contributed by atoms with Gasteiger partial charge in [0.15, 0.2) is 5.13 Å². The summed E-state index contributed by atoms with van der Waals surface area (Å²) in [6.45, 7) is 5.05. The van der Waals surface area contributed by atoms with Gasteiger partial charge in [-0.25, -0.2) is 4.98 Å². The third kappa shape index (κ3) is 3.94. The number of hydrogen-bond donors (Lipinski definition) is 0. The molecule has 7 nitrogen and oxygen atoms in total. The average Bonchev–Trinajstić information content (AvgIpc) is 3.45. The molecule has 0 radical (unpaired) electrons. The molecule has 2 aromatic rings. The van der Waals surface area contributed by atoms with E-state index < -0.39 is 0 Å². The van der Waals surface area contributed by atoms with Crippen LogP contribution in [-0.2, 0) is 4.79 Å². The number of thiazole rings is 1. The first kappa shape index (κ1) is 19.7. The molecule has 8 heteroatoms. The Morgan fingerprint density at radius 1 is 1.14 bits per heavy atom. The van der Waals surface area contributed by atoms with Crippen molar-refractivity contribution < 1.29 is 14.3 Å². The predicted octanol–water partition coefficient (Wildman–Crippen LogP) is 2.41. The number of anilines is 1. The third-order valence-corrected chi connectivity index (χ3v) is 6.54. The van der Waals surface area contributed by atoms with E-state index >= 15 is 0 Å². The van der Waals surface area contributed by atoms with Gasteiger partial charge in [-0.3, -0.25) is 9.59 Å². The van der Waals surface area contributed by atoms with Crippen LogP contribution in [0, 0.1) is 6.92 Å². The number of methoxy groups -OCH3 is 1. The van der Waals surface area contributed by atoms with Gasteiger partial charge in [-0.2, -0.15) is 0 Å². The Kier molecular flexibility index (Phi) is 5.71. The second-order valence-corrected chi connectivity index (χ2v) is 8.34. The zero-order valence-corrected chi connectivity index (χ0v) is 17.7. The van der Waals surface area contributed by atoms with E-state index in [2.05, 4.69) is 9.88 Å². The Morgan fingerprint density at radius 3 is 2.59 bits per heavy atom. The summed E-state index contributed by atoms with van der Waals surface area (Å²) in [5, 5.41) is 2.86. The predicted molar refractivity (Wildman–Crippen MR) is 113 cm³/mol. The molecule has 1 atom stereocenters. The van der Waals surface area contributed by atoms with Crippen LogP contribution in [0.3, 0.4) is 0 Å². The van der Waals surface area contributed by atoms with Crippen LogP contribution in [0.4, 0.5) is 5.13 Å². The van der Waals surface area contributed by atoms with Crippen molar-refractivity contribution >= 4 is 28.3 Å². The molecule has 1 unspecified atom stereocenters. The van der Waals surface area contributed by atoms with Gasteiger partial charge in [0.25, 0.3) is 5.91 Å². The first-order valence-corrected chi connectivity index (χ1v) is 10.9. The molecule has 2 fully saturated rings. The number of piperazine rings is 1. The summed E-state index contributed by atoms with van der Waals surface area (Å²) in [6.07, 6.45) is 3.65. The molecule has 3 heterocycles. The monoisotopic (exact) mass is 414 g/mol. The van der Waals surface area contributed by atoms with E-state index in [0.717, 1.165) is 30.1 Å². The highest BCUT2D eigenvalue weighted by Crippen LogP contribution is 2.28. The van der Waals surface area contributed by atoms with E-state index in [1.165, 1.54) is 0 Å². The Labute approximate surface area is 174 Å². The molecule has 0 spiro atoms. The number of rotatable bonds is 4. The largest absolute Gasteiger partial charge is 0.496 e. The summed E-state index contributed by atoms with van der Waals surface area (Å²) in [7, 11) is 1.61. The highest BCUT2D eigenvalue weighted by atomic mass is 32.1. The fraction of sp³-hybridized carbons (Fsp3) is 0.476. The zero-order chi connectivity index (χ0) is 20.4. The lowest BCUT2D eigenvalue weighted by Crippen LogP contribution is -2.54. The molecule has 2 saturated heterocycles. The molecule has 0 aliphatic carbocycles. The van der Waals surface area contributed by atoms with Crippen LogP contribution in [-0.4, -0.2) is 72.5 Å². The smallest absolute Gasteiger partial charge is 0.254 e. The molecule has 0 bridgehead atoms. The van der Waals surface area contributed by atoms with Crippen LogP contribution in [0.15, 0.2) is 29.8 Å². The third-order valence-electron chi connectivity index (χ3n) is 5.74. The molecule has 0 saturated carbocycles. The van der Waals surface area contributed by atoms with Gasteiger partial charge in [-0.1, -0.05) is 6.07 Å². The van der Waals surface area contributed by atoms with Gasteiger partial charge in [0.2, 0.25) is 5.91 Å². The minimum atomic E-state index is -0.134. The fourth-order valence-corrected chi connectivity index (χ4v) is 4.81. The van der Waals surface area contributed by atoms with E-state index in [9.17, 15) is 9.59 Å². The van der Waals surface area contributed by atoms with E-state index in [1.54, 1.807) is 30.7 Å². The van der Waals surface area contributed by atoms with Crippen LogP contribution in [0.1, 0.15) is 28.8 Å². The number of aromatic nitrogens is 1. The van der Waals surface area contributed by atoms with Crippen molar-refractivity contribution in [1.29, 1.82) is 0 Å². The maximum Gasteiger partial charge on any atom is 0.254 e. The molecule has 2 aliphatic heterocycles. The average molecular weight is 415 g/mol. The number of carbonyl (C=O) groups is 2. The molecule has 0 N–H and O–H groups in total. The first-order chi connectivity index (χ1) is 14.1. The highest BCUT2D eigenvalue weighted by molar-refractivity contribution is 7.13. The van der Waals surface area contributed by atoms with E-state index in [0.29, 0.717) is 37.5 Å². The van der Waals surface area contributed by atoms with Gasteiger partial charge in [0, 0.05) is 49.9 Å². The molecule has 4 rings (SSSR count). The SMILES string of the molecule is COc1cc(C(=O)N2CCN(C(=O)C3CCCN3c3nccs3)CC2)ccc1C. The Bertz CT molecular complexity index is 878. The second-order valence-electron chi connectivity index (χ2n) is 7.47. The molecule has 2 aliphatic rings. The number of carbonyl (C=O) groups excluding carboxylic acids is 2. The quantitative estimate of drug-likeness (QED) is 0.769.